The Morgan fingerprint density at radius 3 is 2.67 bits per heavy atom. The molecule has 0 aromatic carbocycles. The number of aliphatic carboxylic acids is 1. The summed E-state index contributed by atoms with van der Waals surface area (Å²) in [6, 6.07) is 2.47. The highest BCUT2D eigenvalue weighted by atomic mass is 79.9. The van der Waals surface area contributed by atoms with Gasteiger partial charge in [0.25, 0.3) is 5.91 Å². The molecule has 1 aromatic heterocycles. The van der Waals surface area contributed by atoms with Gasteiger partial charge in [-0.25, -0.2) is 9.78 Å². The van der Waals surface area contributed by atoms with Crippen LogP contribution in [0.2, 0.25) is 0 Å². The van der Waals surface area contributed by atoms with Crippen molar-refractivity contribution in [1.29, 1.82) is 0 Å². The highest BCUT2D eigenvalue weighted by Gasteiger charge is 2.23. The van der Waals surface area contributed by atoms with Crippen molar-refractivity contribution in [2.75, 3.05) is 0 Å². The van der Waals surface area contributed by atoms with Crippen LogP contribution < -0.4 is 5.32 Å². The van der Waals surface area contributed by atoms with E-state index in [0.717, 1.165) is 0 Å². The number of carbonyl (C=O) groups excluding carboxylic acids is 1. The van der Waals surface area contributed by atoms with Gasteiger partial charge in [0.15, 0.2) is 0 Å². The van der Waals surface area contributed by atoms with Crippen molar-refractivity contribution in [2.45, 2.75) is 26.3 Å². The molecule has 1 heterocycles. The van der Waals surface area contributed by atoms with Crippen LogP contribution in [0, 0.1) is 5.92 Å². The number of nitrogens with zero attached hydrogens (tertiary/aromatic N) is 1. The molecular weight excluding hydrogens is 300 g/mol. The third kappa shape index (κ3) is 4.10. The van der Waals surface area contributed by atoms with Gasteiger partial charge in [-0.05, 0) is 40.4 Å². The summed E-state index contributed by atoms with van der Waals surface area (Å²) < 4.78 is 0.538. The van der Waals surface area contributed by atoms with E-state index in [1.165, 1.54) is 6.20 Å². The second-order valence-corrected chi connectivity index (χ2v) is 5.18. The average Bonchev–Trinajstić information content (AvgIpc) is 2.27. The van der Waals surface area contributed by atoms with E-state index >= 15 is 0 Å². The molecule has 0 aliphatic heterocycles. The molecule has 0 radical (unpaired) electrons. The number of nitrogens with one attached hydrogen (secondary N) is 1. The maximum atomic E-state index is 11.9. The first-order valence-electron chi connectivity index (χ1n) is 5.56. The van der Waals surface area contributed by atoms with Crippen LogP contribution in [0.1, 0.15) is 30.8 Å². The van der Waals surface area contributed by atoms with Crippen LogP contribution >= 0.6 is 15.9 Å². The van der Waals surface area contributed by atoms with Crippen LogP contribution in [-0.2, 0) is 4.79 Å². The first-order chi connectivity index (χ1) is 8.41. The smallest absolute Gasteiger partial charge is 0.326 e. The molecule has 0 bridgehead atoms. The minimum Gasteiger partial charge on any atom is -0.480 e. The predicted molar refractivity (Wildman–Crippen MR) is 70.3 cm³/mol. The number of amides is 1. The van der Waals surface area contributed by atoms with Crippen molar-refractivity contribution in [3.63, 3.8) is 0 Å². The van der Waals surface area contributed by atoms with E-state index in [9.17, 15) is 9.59 Å². The standard InChI is InChI=1S/C12H15BrN2O3/c1-7(2)6-9(12(17)18)15-11(16)10-8(13)4-3-5-14-10/h3-5,7,9H,6H2,1-2H3,(H,15,16)(H,17,18)/t9-/m1/s1. The normalized spacial score (nSPS) is 12.2. The van der Waals surface area contributed by atoms with Crippen molar-refractivity contribution in [3.05, 3.63) is 28.5 Å². The summed E-state index contributed by atoms with van der Waals surface area (Å²) in [4.78, 5) is 26.9. The topological polar surface area (TPSA) is 79.3 Å². The Labute approximate surface area is 114 Å². The van der Waals surface area contributed by atoms with Gasteiger partial charge in [0.05, 0.1) is 0 Å². The fourth-order valence-corrected chi connectivity index (χ4v) is 1.91. The zero-order chi connectivity index (χ0) is 13.7. The number of hydrogen-bond acceptors (Lipinski definition) is 3. The van der Waals surface area contributed by atoms with E-state index in [1.807, 2.05) is 13.8 Å². The molecule has 5 nitrogen and oxygen atoms in total. The Hall–Kier alpha value is -1.43. The predicted octanol–water partition coefficient (Wildman–Crippen LogP) is 2.07. The molecule has 0 fully saturated rings. The van der Waals surface area contributed by atoms with Gasteiger partial charge in [0, 0.05) is 10.7 Å². The van der Waals surface area contributed by atoms with Crippen LogP contribution in [-0.4, -0.2) is 28.0 Å². The van der Waals surface area contributed by atoms with Crippen LogP contribution in [0.5, 0.6) is 0 Å². The van der Waals surface area contributed by atoms with Crippen molar-refractivity contribution in [1.82, 2.24) is 10.3 Å². The number of halogens is 1. The molecule has 1 atom stereocenters. The fourth-order valence-electron chi connectivity index (χ4n) is 1.47. The maximum absolute atomic E-state index is 11.9. The Morgan fingerprint density at radius 2 is 2.17 bits per heavy atom. The molecule has 1 aromatic rings. The lowest BCUT2D eigenvalue weighted by Crippen LogP contribution is -2.42. The summed E-state index contributed by atoms with van der Waals surface area (Å²) in [6.45, 7) is 3.80. The van der Waals surface area contributed by atoms with Crippen molar-refractivity contribution >= 4 is 27.8 Å². The lowest BCUT2D eigenvalue weighted by Gasteiger charge is -2.16. The van der Waals surface area contributed by atoms with Gasteiger partial charge in [-0.1, -0.05) is 13.8 Å². The van der Waals surface area contributed by atoms with Crippen LogP contribution in [0.4, 0.5) is 0 Å². The van der Waals surface area contributed by atoms with Crippen LogP contribution in [0.25, 0.3) is 0 Å². The van der Waals surface area contributed by atoms with Gasteiger partial charge >= 0.3 is 5.97 Å². The van der Waals surface area contributed by atoms with Crippen molar-refractivity contribution in [2.24, 2.45) is 5.92 Å². The number of rotatable bonds is 5. The van der Waals surface area contributed by atoms with Gasteiger partial charge in [-0.2, -0.15) is 0 Å². The minimum absolute atomic E-state index is 0.179. The highest BCUT2D eigenvalue weighted by Crippen LogP contribution is 2.14. The SMILES string of the molecule is CC(C)C[C@@H](NC(=O)c1ncccc1Br)C(=O)O. The first-order valence-corrected chi connectivity index (χ1v) is 6.35. The molecule has 0 saturated heterocycles. The van der Waals surface area contributed by atoms with Crippen LogP contribution in [0.15, 0.2) is 22.8 Å². The average molecular weight is 315 g/mol. The molecule has 1 amide bonds. The van der Waals surface area contributed by atoms with E-state index in [2.05, 4.69) is 26.2 Å². The molecular formula is C12H15BrN2O3. The molecule has 0 aliphatic rings. The summed E-state index contributed by atoms with van der Waals surface area (Å²) >= 11 is 3.20. The lowest BCUT2D eigenvalue weighted by atomic mass is 10.0. The third-order valence-electron chi connectivity index (χ3n) is 2.28. The zero-order valence-electron chi connectivity index (χ0n) is 10.2. The number of aromatic nitrogens is 1. The second kappa shape index (κ2) is 6.49. The van der Waals surface area contributed by atoms with Gasteiger partial charge in [0.2, 0.25) is 0 Å². The Kier molecular flexibility index (Phi) is 5.27. The zero-order valence-corrected chi connectivity index (χ0v) is 11.8. The van der Waals surface area contributed by atoms with Crippen molar-refractivity contribution < 1.29 is 14.7 Å². The van der Waals surface area contributed by atoms with E-state index in [1.54, 1.807) is 12.1 Å². The highest BCUT2D eigenvalue weighted by molar-refractivity contribution is 9.10. The van der Waals surface area contributed by atoms with E-state index < -0.39 is 17.9 Å². The number of carboxylic acid groups (broad SMARTS) is 1. The largest absolute Gasteiger partial charge is 0.480 e. The van der Waals surface area contributed by atoms with Crippen LogP contribution in [0.3, 0.4) is 0 Å². The number of carboxylic acids is 1. The molecule has 0 unspecified atom stereocenters. The van der Waals surface area contributed by atoms with Gasteiger partial charge in [0.1, 0.15) is 11.7 Å². The Balaban J connectivity index is 2.79. The quantitative estimate of drug-likeness (QED) is 0.872. The molecule has 1 rings (SSSR count). The minimum atomic E-state index is -1.04. The fraction of sp³-hybridized carbons (Fsp3) is 0.417. The van der Waals surface area contributed by atoms with E-state index in [0.29, 0.717) is 10.9 Å². The first kappa shape index (κ1) is 14.6. The Bertz CT molecular complexity index is 449. The molecule has 98 valence electrons. The monoisotopic (exact) mass is 314 g/mol. The number of pyridine rings is 1. The lowest BCUT2D eigenvalue weighted by molar-refractivity contribution is -0.139. The second-order valence-electron chi connectivity index (χ2n) is 4.33. The number of hydrogen-bond donors (Lipinski definition) is 2. The van der Waals surface area contributed by atoms with Gasteiger partial charge < -0.3 is 10.4 Å². The summed E-state index contributed by atoms with van der Waals surface area (Å²) in [5.74, 6) is -1.35. The third-order valence-corrected chi connectivity index (χ3v) is 2.92. The van der Waals surface area contributed by atoms with Gasteiger partial charge in [-0.3, -0.25) is 4.79 Å². The number of carbonyl (C=O) groups is 2. The van der Waals surface area contributed by atoms with E-state index in [-0.39, 0.29) is 11.6 Å². The van der Waals surface area contributed by atoms with E-state index in [4.69, 9.17) is 5.11 Å². The molecule has 0 spiro atoms. The summed E-state index contributed by atoms with van der Waals surface area (Å²) in [5.41, 5.74) is 0.188. The molecule has 2 N–H and O–H groups in total. The molecule has 0 aliphatic carbocycles. The van der Waals surface area contributed by atoms with Gasteiger partial charge in [-0.15, -0.1) is 0 Å². The summed E-state index contributed by atoms with van der Waals surface area (Å²) in [6.07, 6.45) is 1.86. The molecule has 18 heavy (non-hydrogen) atoms. The maximum Gasteiger partial charge on any atom is 0.326 e. The Morgan fingerprint density at radius 1 is 1.50 bits per heavy atom. The molecule has 0 saturated carbocycles. The van der Waals surface area contributed by atoms with Crippen molar-refractivity contribution in [3.8, 4) is 0 Å². The summed E-state index contributed by atoms with van der Waals surface area (Å²) in [7, 11) is 0. The summed E-state index contributed by atoms with van der Waals surface area (Å²) in [5, 5.41) is 11.5. The molecule has 6 heteroatoms.